The summed E-state index contributed by atoms with van der Waals surface area (Å²) >= 11 is 0. The molecule has 0 aliphatic carbocycles. The molecule has 144 valence electrons. The van der Waals surface area contributed by atoms with Gasteiger partial charge in [-0.15, -0.1) is 0 Å². The minimum absolute atomic E-state index is 0.193. The van der Waals surface area contributed by atoms with E-state index in [0.29, 0.717) is 24.6 Å². The molecule has 0 saturated carbocycles. The van der Waals surface area contributed by atoms with Gasteiger partial charge in [-0.1, -0.05) is 0 Å². The van der Waals surface area contributed by atoms with Crippen LogP contribution in [0.2, 0.25) is 0 Å². The van der Waals surface area contributed by atoms with E-state index in [2.05, 4.69) is 20.6 Å². The molecule has 0 fully saturated rings. The normalized spacial score (nSPS) is 16.2. The topological polar surface area (TPSA) is 82.5 Å². The van der Waals surface area contributed by atoms with E-state index in [9.17, 15) is 4.79 Å². The summed E-state index contributed by atoms with van der Waals surface area (Å²) in [6.07, 6.45) is 3.30. The third kappa shape index (κ3) is 3.60. The molecule has 7 heteroatoms. The van der Waals surface area contributed by atoms with E-state index in [4.69, 9.17) is 4.98 Å². The van der Waals surface area contributed by atoms with Gasteiger partial charge in [0, 0.05) is 42.7 Å². The zero-order chi connectivity index (χ0) is 19.7. The SMILES string of the molecule is CC1=C(C)N=C(NC(=O)N2CCCNc3ccc(-c4ccnc(C)c4)nc32)C1. The van der Waals surface area contributed by atoms with Gasteiger partial charge in [-0.2, -0.15) is 0 Å². The Kier molecular flexibility index (Phi) is 4.81. The summed E-state index contributed by atoms with van der Waals surface area (Å²) in [5, 5.41) is 6.34. The molecule has 2 amide bonds. The predicted molar refractivity (Wildman–Crippen MR) is 112 cm³/mol. The van der Waals surface area contributed by atoms with Crippen LogP contribution in [0.4, 0.5) is 16.3 Å². The predicted octanol–water partition coefficient (Wildman–Crippen LogP) is 3.88. The van der Waals surface area contributed by atoms with Gasteiger partial charge in [-0.25, -0.2) is 14.8 Å². The number of nitrogens with zero attached hydrogens (tertiary/aromatic N) is 4. The number of aryl methyl sites for hydroxylation is 1. The van der Waals surface area contributed by atoms with Crippen LogP contribution in [0.3, 0.4) is 0 Å². The quantitative estimate of drug-likeness (QED) is 0.791. The summed E-state index contributed by atoms with van der Waals surface area (Å²) in [6.45, 7) is 7.34. The number of allylic oxidation sites excluding steroid dienone is 1. The Labute approximate surface area is 164 Å². The van der Waals surface area contributed by atoms with Crippen molar-refractivity contribution in [3.63, 3.8) is 0 Å². The molecule has 7 nitrogen and oxygen atoms in total. The highest BCUT2D eigenvalue weighted by molar-refractivity contribution is 6.07. The largest absolute Gasteiger partial charge is 0.382 e. The third-order valence-corrected chi connectivity index (χ3v) is 5.05. The molecule has 0 atom stereocenters. The van der Waals surface area contributed by atoms with E-state index < -0.39 is 0 Å². The fourth-order valence-electron chi connectivity index (χ4n) is 3.40. The Morgan fingerprint density at radius 2 is 2.07 bits per heavy atom. The zero-order valence-corrected chi connectivity index (χ0v) is 16.4. The number of fused-ring (bicyclic) bond motifs is 1. The molecule has 4 rings (SSSR count). The van der Waals surface area contributed by atoms with Gasteiger partial charge >= 0.3 is 6.03 Å². The van der Waals surface area contributed by atoms with Gasteiger partial charge in [0.05, 0.1) is 11.4 Å². The van der Waals surface area contributed by atoms with Crippen molar-refractivity contribution in [2.45, 2.75) is 33.6 Å². The van der Waals surface area contributed by atoms with Gasteiger partial charge in [-0.3, -0.25) is 15.2 Å². The molecule has 0 bridgehead atoms. The van der Waals surface area contributed by atoms with Crippen LogP contribution in [-0.2, 0) is 0 Å². The lowest BCUT2D eigenvalue weighted by atomic mass is 10.1. The Hall–Kier alpha value is -3.22. The van der Waals surface area contributed by atoms with Crippen LogP contribution in [-0.4, -0.2) is 34.9 Å². The van der Waals surface area contributed by atoms with Crippen LogP contribution in [0, 0.1) is 6.92 Å². The van der Waals surface area contributed by atoms with Gasteiger partial charge in [0.2, 0.25) is 0 Å². The number of anilines is 2. The molecule has 0 radical (unpaired) electrons. The molecule has 2 aliphatic rings. The number of hydrogen-bond acceptors (Lipinski definition) is 5. The van der Waals surface area contributed by atoms with E-state index in [-0.39, 0.29) is 6.03 Å². The molecular formula is C21H24N6O. The lowest BCUT2D eigenvalue weighted by Crippen LogP contribution is -2.43. The molecule has 28 heavy (non-hydrogen) atoms. The fraction of sp³-hybridized carbons (Fsp3) is 0.333. The Morgan fingerprint density at radius 3 is 2.82 bits per heavy atom. The number of carbonyl (C=O) groups excluding carboxylic acids is 1. The highest BCUT2D eigenvalue weighted by atomic mass is 16.2. The fourth-order valence-corrected chi connectivity index (χ4v) is 3.40. The van der Waals surface area contributed by atoms with Crippen molar-refractivity contribution >= 4 is 23.4 Å². The molecular weight excluding hydrogens is 352 g/mol. The van der Waals surface area contributed by atoms with Gasteiger partial charge in [0.15, 0.2) is 5.82 Å². The molecule has 0 saturated heterocycles. The smallest absolute Gasteiger partial charge is 0.328 e. The monoisotopic (exact) mass is 376 g/mol. The molecule has 2 aromatic heterocycles. The first-order valence-corrected chi connectivity index (χ1v) is 9.51. The zero-order valence-electron chi connectivity index (χ0n) is 16.4. The van der Waals surface area contributed by atoms with Crippen LogP contribution in [0.15, 0.2) is 46.7 Å². The summed E-state index contributed by atoms with van der Waals surface area (Å²) < 4.78 is 0. The minimum Gasteiger partial charge on any atom is -0.382 e. The summed E-state index contributed by atoms with van der Waals surface area (Å²) in [7, 11) is 0. The average Bonchev–Trinajstić information content (AvgIpc) is 2.87. The van der Waals surface area contributed by atoms with Crippen LogP contribution < -0.4 is 15.5 Å². The first kappa shape index (κ1) is 18.2. The number of carbonyl (C=O) groups is 1. The molecule has 4 heterocycles. The standard InChI is InChI=1S/C21H24N6O/c1-13-11-19(24-15(13)3)26-21(28)27-10-4-8-23-18-6-5-17(25-20(18)27)16-7-9-22-14(2)12-16/h5-7,9,12,23H,4,8,10-11H2,1-3H3,(H,24,26,28). The lowest BCUT2D eigenvalue weighted by molar-refractivity contribution is 0.250. The second kappa shape index (κ2) is 7.42. The average molecular weight is 376 g/mol. The maximum Gasteiger partial charge on any atom is 0.328 e. The van der Waals surface area contributed by atoms with Crippen LogP contribution in [0.25, 0.3) is 11.3 Å². The molecule has 0 unspecified atom stereocenters. The molecule has 2 aromatic rings. The summed E-state index contributed by atoms with van der Waals surface area (Å²) in [6, 6.07) is 7.69. The Bertz CT molecular complexity index is 994. The molecule has 0 aromatic carbocycles. The number of hydrogen-bond donors (Lipinski definition) is 2. The number of amides is 2. The van der Waals surface area contributed by atoms with Crippen LogP contribution in [0.5, 0.6) is 0 Å². The number of aliphatic imine (C=N–C) groups is 1. The number of amidine groups is 1. The Balaban J connectivity index is 1.64. The maximum absolute atomic E-state index is 13.0. The van der Waals surface area contributed by atoms with Crippen molar-refractivity contribution in [3.8, 4) is 11.3 Å². The van der Waals surface area contributed by atoms with Gasteiger partial charge in [0.1, 0.15) is 5.84 Å². The first-order chi connectivity index (χ1) is 13.5. The van der Waals surface area contributed by atoms with E-state index in [1.807, 2.05) is 45.0 Å². The van der Waals surface area contributed by atoms with Crippen molar-refractivity contribution < 1.29 is 4.79 Å². The van der Waals surface area contributed by atoms with Crippen molar-refractivity contribution in [3.05, 3.63) is 47.4 Å². The van der Waals surface area contributed by atoms with E-state index in [0.717, 1.165) is 41.3 Å². The maximum atomic E-state index is 13.0. The van der Waals surface area contributed by atoms with Crippen LogP contribution >= 0.6 is 0 Å². The van der Waals surface area contributed by atoms with Gasteiger partial charge in [0.25, 0.3) is 0 Å². The van der Waals surface area contributed by atoms with Crippen molar-refractivity contribution in [2.75, 3.05) is 23.3 Å². The van der Waals surface area contributed by atoms with Gasteiger partial charge < -0.3 is 5.32 Å². The van der Waals surface area contributed by atoms with Crippen molar-refractivity contribution in [2.24, 2.45) is 4.99 Å². The van der Waals surface area contributed by atoms with Crippen molar-refractivity contribution in [1.29, 1.82) is 0 Å². The van der Waals surface area contributed by atoms with E-state index in [1.54, 1.807) is 11.1 Å². The summed E-state index contributed by atoms with van der Waals surface area (Å²) in [4.78, 5) is 28.2. The number of aromatic nitrogens is 2. The third-order valence-electron chi connectivity index (χ3n) is 5.05. The molecule has 2 N–H and O–H groups in total. The highest BCUT2D eigenvalue weighted by Crippen LogP contribution is 2.30. The number of pyridine rings is 2. The van der Waals surface area contributed by atoms with E-state index in [1.165, 1.54) is 5.57 Å². The summed E-state index contributed by atoms with van der Waals surface area (Å²) in [5.41, 5.74) is 5.75. The molecule has 2 aliphatic heterocycles. The number of urea groups is 1. The minimum atomic E-state index is -0.193. The second-order valence-electron chi connectivity index (χ2n) is 7.22. The number of rotatable bonds is 1. The first-order valence-electron chi connectivity index (χ1n) is 9.51. The highest BCUT2D eigenvalue weighted by Gasteiger charge is 2.25. The van der Waals surface area contributed by atoms with Crippen molar-refractivity contribution in [1.82, 2.24) is 15.3 Å². The lowest BCUT2D eigenvalue weighted by Gasteiger charge is -2.22. The molecule has 0 spiro atoms. The summed E-state index contributed by atoms with van der Waals surface area (Å²) in [5.74, 6) is 1.33. The van der Waals surface area contributed by atoms with E-state index >= 15 is 0 Å². The second-order valence-corrected chi connectivity index (χ2v) is 7.22. The Morgan fingerprint density at radius 1 is 1.21 bits per heavy atom. The van der Waals surface area contributed by atoms with Crippen LogP contribution in [0.1, 0.15) is 32.4 Å². The van der Waals surface area contributed by atoms with Gasteiger partial charge in [-0.05, 0) is 57.0 Å². The number of nitrogens with one attached hydrogen (secondary N) is 2.